The van der Waals surface area contributed by atoms with Crippen molar-refractivity contribution in [2.24, 2.45) is 5.92 Å². The lowest BCUT2D eigenvalue weighted by atomic mass is 10.0. The number of carbonyl (C=O) groups excluding carboxylic acids is 1. The molecule has 1 aromatic rings. The van der Waals surface area contributed by atoms with Crippen LogP contribution in [0.3, 0.4) is 0 Å². The normalized spacial score (nSPS) is 12.5. The SMILES string of the molecule is COC(=O)C(CC(C)C)NCc1cccc(C)c1O. The van der Waals surface area contributed by atoms with E-state index in [0.29, 0.717) is 18.9 Å². The van der Waals surface area contributed by atoms with Crippen molar-refractivity contribution in [3.05, 3.63) is 29.3 Å². The molecule has 1 rings (SSSR count). The Hall–Kier alpha value is -1.55. The molecule has 19 heavy (non-hydrogen) atoms. The molecule has 1 unspecified atom stereocenters. The second-order valence-corrected chi connectivity index (χ2v) is 5.17. The largest absolute Gasteiger partial charge is 0.507 e. The van der Waals surface area contributed by atoms with Crippen LogP contribution in [0.15, 0.2) is 18.2 Å². The number of aryl methyl sites for hydroxylation is 1. The molecular weight excluding hydrogens is 242 g/mol. The Morgan fingerprint density at radius 3 is 2.68 bits per heavy atom. The summed E-state index contributed by atoms with van der Waals surface area (Å²) in [5.74, 6) is 0.409. The molecule has 0 aliphatic rings. The minimum absolute atomic E-state index is 0.263. The second kappa shape index (κ2) is 7.14. The highest BCUT2D eigenvalue weighted by Gasteiger charge is 2.20. The summed E-state index contributed by atoms with van der Waals surface area (Å²) < 4.78 is 4.79. The van der Waals surface area contributed by atoms with Crippen LogP contribution in [0.25, 0.3) is 0 Å². The van der Waals surface area contributed by atoms with Crippen LogP contribution in [0.1, 0.15) is 31.4 Å². The van der Waals surface area contributed by atoms with Crippen molar-refractivity contribution in [1.29, 1.82) is 0 Å². The summed E-state index contributed by atoms with van der Waals surface area (Å²) in [5, 5.41) is 13.1. The number of aromatic hydroxyl groups is 1. The first kappa shape index (κ1) is 15.5. The Morgan fingerprint density at radius 2 is 2.11 bits per heavy atom. The van der Waals surface area contributed by atoms with Gasteiger partial charge < -0.3 is 15.2 Å². The summed E-state index contributed by atoms with van der Waals surface area (Å²) in [7, 11) is 1.39. The van der Waals surface area contributed by atoms with Gasteiger partial charge in [0.15, 0.2) is 0 Å². The first-order valence-electron chi connectivity index (χ1n) is 6.54. The number of hydrogen-bond donors (Lipinski definition) is 2. The summed E-state index contributed by atoms with van der Waals surface area (Å²) in [4.78, 5) is 11.7. The van der Waals surface area contributed by atoms with Crippen LogP contribution >= 0.6 is 0 Å². The molecule has 1 aromatic carbocycles. The molecule has 1 atom stereocenters. The quantitative estimate of drug-likeness (QED) is 0.775. The van der Waals surface area contributed by atoms with Crippen molar-refractivity contribution in [3.8, 4) is 5.75 Å². The predicted octanol–water partition coefficient (Wildman–Crippen LogP) is 2.38. The zero-order valence-corrected chi connectivity index (χ0v) is 12.1. The molecule has 0 spiro atoms. The smallest absolute Gasteiger partial charge is 0.322 e. The van der Waals surface area contributed by atoms with Gasteiger partial charge in [0.1, 0.15) is 11.8 Å². The number of nitrogens with one attached hydrogen (secondary N) is 1. The van der Waals surface area contributed by atoms with E-state index in [4.69, 9.17) is 4.74 Å². The van der Waals surface area contributed by atoms with Crippen LogP contribution < -0.4 is 5.32 Å². The Morgan fingerprint density at radius 1 is 1.42 bits per heavy atom. The third kappa shape index (κ3) is 4.56. The highest BCUT2D eigenvalue weighted by atomic mass is 16.5. The van der Waals surface area contributed by atoms with E-state index in [1.807, 2.05) is 25.1 Å². The van der Waals surface area contributed by atoms with E-state index in [9.17, 15) is 9.90 Å². The Bertz CT molecular complexity index is 429. The first-order valence-corrected chi connectivity index (χ1v) is 6.54. The van der Waals surface area contributed by atoms with Gasteiger partial charge in [-0.2, -0.15) is 0 Å². The van der Waals surface area contributed by atoms with E-state index in [-0.39, 0.29) is 17.8 Å². The minimum Gasteiger partial charge on any atom is -0.507 e. The summed E-state index contributed by atoms with van der Waals surface area (Å²) >= 11 is 0. The number of rotatable bonds is 6. The number of esters is 1. The number of carbonyl (C=O) groups is 1. The molecule has 0 radical (unpaired) electrons. The van der Waals surface area contributed by atoms with Gasteiger partial charge in [0.25, 0.3) is 0 Å². The van der Waals surface area contributed by atoms with E-state index in [0.717, 1.165) is 11.1 Å². The molecule has 0 aromatic heterocycles. The lowest BCUT2D eigenvalue weighted by molar-refractivity contribution is -0.143. The van der Waals surface area contributed by atoms with Crippen LogP contribution in [0, 0.1) is 12.8 Å². The van der Waals surface area contributed by atoms with Crippen molar-refractivity contribution in [2.75, 3.05) is 7.11 Å². The van der Waals surface area contributed by atoms with Crippen LogP contribution in [-0.4, -0.2) is 24.2 Å². The first-order chi connectivity index (χ1) is 8.95. The number of methoxy groups -OCH3 is 1. The number of hydrogen-bond acceptors (Lipinski definition) is 4. The average molecular weight is 265 g/mol. The van der Waals surface area contributed by atoms with Crippen LogP contribution in [-0.2, 0) is 16.1 Å². The van der Waals surface area contributed by atoms with Crippen LogP contribution in [0.2, 0.25) is 0 Å². The van der Waals surface area contributed by atoms with E-state index in [2.05, 4.69) is 19.2 Å². The van der Waals surface area contributed by atoms with Gasteiger partial charge in [-0.15, -0.1) is 0 Å². The van der Waals surface area contributed by atoms with Gasteiger partial charge in [-0.3, -0.25) is 4.79 Å². The monoisotopic (exact) mass is 265 g/mol. The van der Waals surface area contributed by atoms with Gasteiger partial charge in [0.2, 0.25) is 0 Å². The fourth-order valence-electron chi connectivity index (χ4n) is 1.97. The molecule has 0 fully saturated rings. The third-order valence-corrected chi connectivity index (χ3v) is 3.05. The number of para-hydroxylation sites is 1. The molecule has 0 aliphatic carbocycles. The van der Waals surface area contributed by atoms with E-state index in [1.54, 1.807) is 0 Å². The lowest BCUT2D eigenvalue weighted by Crippen LogP contribution is -2.38. The Kier molecular flexibility index (Phi) is 5.83. The Balaban J connectivity index is 2.70. The lowest BCUT2D eigenvalue weighted by Gasteiger charge is -2.19. The fourth-order valence-corrected chi connectivity index (χ4v) is 1.97. The van der Waals surface area contributed by atoms with E-state index in [1.165, 1.54) is 7.11 Å². The number of phenolic OH excluding ortho intramolecular Hbond substituents is 1. The molecule has 0 saturated heterocycles. The number of ether oxygens (including phenoxy) is 1. The van der Waals surface area contributed by atoms with Gasteiger partial charge in [-0.25, -0.2) is 0 Å². The average Bonchev–Trinajstić information content (AvgIpc) is 2.37. The van der Waals surface area contributed by atoms with Crippen molar-refractivity contribution in [1.82, 2.24) is 5.32 Å². The molecule has 4 heteroatoms. The van der Waals surface area contributed by atoms with Crippen molar-refractivity contribution in [2.45, 2.75) is 39.8 Å². The predicted molar refractivity (Wildman–Crippen MR) is 74.9 cm³/mol. The molecule has 0 bridgehead atoms. The number of phenols is 1. The van der Waals surface area contributed by atoms with Crippen molar-refractivity contribution in [3.63, 3.8) is 0 Å². The van der Waals surface area contributed by atoms with Gasteiger partial charge in [0, 0.05) is 12.1 Å². The molecular formula is C15H23NO3. The van der Waals surface area contributed by atoms with Gasteiger partial charge >= 0.3 is 5.97 Å². The highest BCUT2D eigenvalue weighted by Crippen LogP contribution is 2.21. The highest BCUT2D eigenvalue weighted by molar-refractivity contribution is 5.75. The molecule has 0 aliphatic heterocycles. The van der Waals surface area contributed by atoms with Gasteiger partial charge in [-0.1, -0.05) is 32.0 Å². The molecule has 0 heterocycles. The van der Waals surface area contributed by atoms with Crippen molar-refractivity contribution >= 4 is 5.97 Å². The maximum atomic E-state index is 11.7. The van der Waals surface area contributed by atoms with E-state index >= 15 is 0 Å². The maximum absolute atomic E-state index is 11.7. The van der Waals surface area contributed by atoms with E-state index < -0.39 is 0 Å². The zero-order valence-electron chi connectivity index (χ0n) is 12.1. The minimum atomic E-state index is -0.343. The third-order valence-electron chi connectivity index (χ3n) is 3.05. The van der Waals surface area contributed by atoms with Gasteiger partial charge in [0.05, 0.1) is 7.11 Å². The summed E-state index contributed by atoms with van der Waals surface area (Å²) in [6.07, 6.45) is 0.708. The standard InChI is InChI=1S/C15H23NO3/c1-10(2)8-13(15(18)19-4)16-9-12-7-5-6-11(3)14(12)17/h5-7,10,13,16-17H,8-9H2,1-4H3. The summed E-state index contributed by atoms with van der Waals surface area (Å²) in [6, 6.07) is 5.25. The fraction of sp³-hybridized carbons (Fsp3) is 0.533. The maximum Gasteiger partial charge on any atom is 0.322 e. The summed E-state index contributed by atoms with van der Waals surface area (Å²) in [5.41, 5.74) is 1.62. The van der Waals surface area contributed by atoms with Gasteiger partial charge in [-0.05, 0) is 24.8 Å². The second-order valence-electron chi connectivity index (χ2n) is 5.17. The molecule has 106 valence electrons. The summed E-state index contributed by atoms with van der Waals surface area (Å²) in [6.45, 7) is 6.41. The molecule has 2 N–H and O–H groups in total. The topological polar surface area (TPSA) is 58.6 Å². The molecule has 0 amide bonds. The molecule has 0 saturated carbocycles. The number of benzene rings is 1. The molecule has 4 nitrogen and oxygen atoms in total. The van der Waals surface area contributed by atoms with Crippen LogP contribution in [0.4, 0.5) is 0 Å². The van der Waals surface area contributed by atoms with Crippen LogP contribution in [0.5, 0.6) is 5.75 Å². The Labute approximate surface area is 114 Å². The zero-order chi connectivity index (χ0) is 14.4. The van der Waals surface area contributed by atoms with Crippen molar-refractivity contribution < 1.29 is 14.6 Å².